The summed E-state index contributed by atoms with van der Waals surface area (Å²) in [5.74, 6) is 0. The molecule has 0 aromatic carbocycles. The van der Waals surface area contributed by atoms with Gasteiger partial charge in [-0.2, -0.15) is 0 Å². The molecule has 0 saturated carbocycles. The van der Waals surface area contributed by atoms with E-state index in [2.05, 4.69) is 0 Å². The Kier molecular flexibility index (Phi) is 6.24. The van der Waals surface area contributed by atoms with E-state index in [1.54, 1.807) is 0 Å². The molecular formula is C8H18N2OS. The van der Waals surface area contributed by atoms with Gasteiger partial charge < -0.3 is 10.5 Å². The van der Waals surface area contributed by atoms with Crippen molar-refractivity contribution >= 4 is 17.2 Å². The number of likely N-dealkylation sites (N-methyl/N-ethyl adjacent to an activating group) is 1. The predicted molar refractivity (Wildman–Crippen MR) is 55.4 cm³/mol. The van der Waals surface area contributed by atoms with Gasteiger partial charge in [0.05, 0.1) is 17.7 Å². The maximum atomic E-state index is 5.37. The molecule has 0 aliphatic heterocycles. The third-order valence-electron chi connectivity index (χ3n) is 1.35. The molecule has 0 amide bonds. The molecule has 0 atom stereocenters. The van der Waals surface area contributed by atoms with Crippen molar-refractivity contribution in [3.63, 3.8) is 0 Å². The fraction of sp³-hybridized carbons (Fsp3) is 0.875. The molecule has 0 rings (SSSR count). The Labute approximate surface area is 79.9 Å². The first-order valence-corrected chi connectivity index (χ1v) is 4.51. The van der Waals surface area contributed by atoms with Crippen molar-refractivity contribution in [1.82, 2.24) is 4.90 Å². The fourth-order valence-corrected chi connectivity index (χ4v) is 1.01. The van der Waals surface area contributed by atoms with E-state index in [1.165, 1.54) is 0 Å². The fourth-order valence-electron chi connectivity index (χ4n) is 0.789. The van der Waals surface area contributed by atoms with Crippen molar-refractivity contribution in [2.45, 2.75) is 20.0 Å². The van der Waals surface area contributed by atoms with Crippen LogP contribution in [0, 0.1) is 0 Å². The molecule has 2 N–H and O–H groups in total. The molecule has 0 fully saturated rings. The van der Waals surface area contributed by atoms with Crippen LogP contribution in [0.1, 0.15) is 13.8 Å². The minimum atomic E-state index is 0.295. The van der Waals surface area contributed by atoms with Gasteiger partial charge in [-0.15, -0.1) is 0 Å². The van der Waals surface area contributed by atoms with E-state index in [1.807, 2.05) is 25.8 Å². The van der Waals surface area contributed by atoms with Crippen molar-refractivity contribution in [1.29, 1.82) is 0 Å². The highest BCUT2D eigenvalue weighted by Gasteiger charge is 2.00. The summed E-state index contributed by atoms with van der Waals surface area (Å²) in [5.41, 5.74) is 5.37. The Morgan fingerprint density at radius 1 is 1.58 bits per heavy atom. The van der Waals surface area contributed by atoms with E-state index in [-0.39, 0.29) is 0 Å². The predicted octanol–water partition coefficient (Wildman–Crippen LogP) is 0.629. The van der Waals surface area contributed by atoms with Crippen molar-refractivity contribution in [2.75, 3.05) is 26.7 Å². The molecule has 0 heterocycles. The average molecular weight is 190 g/mol. The zero-order valence-corrected chi connectivity index (χ0v) is 8.86. The second-order valence-corrected chi connectivity index (χ2v) is 3.65. The topological polar surface area (TPSA) is 38.5 Å². The molecule has 72 valence electrons. The van der Waals surface area contributed by atoms with Gasteiger partial charge in [0.2, 0.25) is 0 Å². The Morgan fingerprint density at radius 3 is 2.58 bits per heavy atom. The first-order valence-electron chi connectivity index (χ1n) is 4.11. The lowest BCUT2D eigenvalue weighted by atomic mass is 10.4. The minimum absolute atomic E-state index is 0.295. The lowest BCUT2D eigenvalue weighted by molar-refractivity contribution is 0.0663. The van der Waals surface area contributed by atoms with Crippen LogP contribution in [0.5, 0.6) is 0 Å². The number of thiocarbonyl (C=S) groups is 1. The van der Waals surface area contributed by atoms with Gasteiger partial charge in [0.25, 0.3) is 0 Å². The molecule has 0 aliphatic carbocycles. The number of nitrogens with two attached hydrogens (primary N) is 1. The molecule has 0 radical (unpaired) electrons. The molecule has 4 heteroatoms. The molecule has 0 saturated heterocycles. The Hall–Kier alpha value is -0.190. The van der Waals surface area contributed by atoms with Gasteiger partial charge in [0.1, 0.15) is 0 Å². The second kappa shape index (κ2) is 6.34. The van der Waals surface area contributed by atoms with Gasteiger partial charge in [0, 0.05) is 13.1 Å². The zero-order valence-electron chi connectivity index (χ0n) is 8.04. The second-order valence-electron chi connectivity index (χ2n) is 3.12. The van der Waals surface area contributed by atoms with Crippen LogP contribution in [0.2, 0.25) is 0 Å². The van der Waals surface area contributed by atoms with Crippen molar-refractivity contribution in [3.05, 3.63) is 0 Å². The zero-order chi connectivity index (χ0) is 9.56. The van der Waals surface area contributed by atoms with Gasteiger partial charge in [-0.05, 0) is 20.9 Å². The Balaban J connectivity index is 3.31. The van der Waals surface area contributed by atoms with Gasteiger partial charge in [0.15, 0.2) is 0 Å². The molecular weight excluding hydrogens is 172 g/mol. The maximum Gasteiger partial charge on any atom is 0.0869 e. The molecule has 3 nitrogen and oxygen atoms in total. The average Bonchev–Trinajstić information content (AvgIpc) is 1.84. The van der Waals surface area contributed by atoms with E-state index in [0.29, 0.717) is 17.6 Å². The van der Waals surface area contributed by atoms with Crippen LogP contribution >= 0.6 is 12.2 Å². The Morgan fingerprint density at radius 2 is 2.17 bits per heavy atom. The third kappa shape index (κ3) is 7.91. The number of hydrogen-bond donors (Lipinski definition) is 1. The summed E-state index contributed by atoms with van der Waals surface area (Å²) < 4.78 is 5.37. The van der Waals surface area contributed by atoms with Crippen molar-refractivity contribution in [3.8, 4) is 0 Å². The van der Waals surface area contributed by atoms with Gasteiger partial charge in [-0.3, -0.25) is 4.90 Å². The monoisotopic (exact) mass is 190 g/mol. The third-order valence-corrected chi connectivity index (χ3v) is 1.48. The van der Waals surface area contributed by atoms with E-state index >= 15 is 0 Å². The number of nitrogens with zero attached hydrogens (tertiary/aromatic N) is 1. The van der Waals surface area contributed by atoms with Gasteiger partial charge in [-0.1, -0.05) is 12.2 Å². The highest BCUT2D eigenvalue weighted by Crippen LogP contribution is 1.89. The summed E-state index contributed by atoms with van der Waals surface area (Å²) in [6, 6.07) is 0. The summed E-state index contributed by atoms with van der Waals surface area (Å²) in [6.07, 6.45) is 0.295. The van der Waals surface area contributed by atoms with Crippen LogP contribution in [-0.4, -0.2) is 42.7 Å². The standard InChI is InChI=1S/C8H18N2OS/c1-7(2)11-5-4-10(3)6-8(9)12/h7H,4-6H2,1-3H3,(H2,9,12). The first-order chi connectivity index (χ1) is 5.52. The smallest absolute Gasteiger partial charge is 0.0869 e. The maximum absolute atomic E-state index is 5.37. The van der Waals surface area contributed by atoms with Crippen LogP contribution in [0.15, 0.2) is 0 Å². The van der Waals surface area contributed by atoms with E-state index in [9.17, 15) is 0 Å². The largest absolute Gasteiger partial charge is 0.392 e. The summed E-state index contributed by atoms with van der Waals surface area (Å²) in [4.78, 5) is 2.58. The van der Waals surface area contributed by atoms with Gasteiger partial charge in [-0.25, -0.2) is 0 Å². The molecule has 0 unspecified atom stereocenters. The molecule has 12 heavy (non-hydrogen) atoms. The van der Waals surface area contributed by atoms with Gasteiger partial charge >= 0.3 is 0 Å². The molecule has 0 spiro atoms. The van der Waals surface area contributed by atoms with Crippen LogP contribution in [0.3, 0.4) is 0 Å². The van der Waals surface area contributed by atoms with Crippen molar-refractivity contribution in [2.24, 2.45) is 5.73 Å². The van der Waals surface area contributed by atoms with Crippen LogP contribution in [0.4, 0.5) is 0 Å². The highest BCUT2D eigenvalue weighted by atomic mass is 32.1. The summed E-state index contributed by atoms with van der Waals surface area (Å²) in [6.45, 7) is 6.31. The van der Waals surface area contributed by atoms with E-state index < -0.39 is 0 Å². The number of hydrogen-bond acceptors (Lipinski definition) is 3. The summed E-state index contributed by atoms with van der Waals surface area (Å²) in [7, 11) is 1.98. The molecule has 0 aromatic rings. The quantitative estimate of drug-likeness (QED) is 0.624. The highest BCUT2D eigenvalue weighted by molar-refractivity contribution is 7.80. The summed E-state index contributed by atoms with van der Waals surface area (Å²) >= 11 is 4.77. The van der Waals surface area contributed by atoms with Crippen LogP contribution in [-0.2, 0) is 4.74 Å². The molecule has 0 bridgehead atoms. The Bertz CT molecular complexity index is 139. The number of rotatable bonds is 6. The lowest BCUT2D eigenvalue weighted by Crippen LogP contribution is -2.32. The molecule has 0 aromatic heterocycles. The van der Waals surface area contributed by atoms with E-state index in [4.69, 9.17) is 22.7 Å². The normalized spacial score (nSPS) is 11.1. The number of ether oxygens (including phenoxy) is 1. The summed E-state index contributed by atoms with van der Waals surface area (Å²) in [5, 5.41) is 0. The SMILES string of the molecule is CC(C)OCCN(C)CC(N)=S. The van der Waals surface area contributed by atoms with Crippen LogP contribution < -0.4 is 5.73 Å². The van der Waals surface area contributed by atoms with Crippen LogP contribution in [0.25, 0.3) is 0 Å². The minimum Gasteiger partial charge on any atom is -0.392 e. The van der Waals surface area contributed by atoms with Crippen molar-refractivity contribution < 1.29 is 4.74 Å². The molecule has 0 aliphatic rings. The lowest BCUT2D eigenvalue weighted by Gasteiger charge is -2.16. The first kappa shape index (κ1) is 11.8. The van der Waals surface area contributed by atoms with E-state index in [0.717, 1.165) is 13.2 Å².